The summed E-state index contributed by atoms with van der Waals surface area (Å²) in [6.07, 6.45) is 4.40. The molecule has 0 bridgehead atoms. The van der Waals surface area contributed by atoms with E-state index < -0.39 is 11.9 Å². The van der Waals surface area contributed by atoms with Gasteiger partial charge in [-0.05, 0) is 18.7 Å². The van der Waals surface area contributed by atoms with E-state index in [0.717, 1.165) is 19.6 Å². The van der Waals surface area contributed by atoms with Gasteiger partial charge >= 0.3 is 11.9 Å². The van der Waals surface area contributed by atoms with Crippen LogP contribution >= 0.6 is 0 Å². The lowest BCUT2D eigenvalue weighted by Gasteiger charge is -2.14. The van der Waals surface area contributed by atoms with Crippen molar-refractivity contribution < 1.29 is 19.8 Å². The van der Waals surface area contributed by atoms with Crippen molar-refractivity contribution in [3.05, 3.63) is 42.0 Å². The zero-order chi connectivity index (χ0) is 15.4. The lowest BCUT2D eigenvalue weighted by molar-refractivity contribution is -0.159. The Hall–Kier alpha value is -2.14. The minimum Gasteiger partial charge on any atom is -0.473 e. The first kappa shape index (κ1) is 17.9. The molecule has 0 saturated carbocycles. The fraction of sp³-hybridized carbons (Fsp3) is 0.333. The van der Waals surface area contributed by atoms with Gasteiger partial charge in [0.05, 0.1) is 0 Å². The maximum Gasteiger partial charge on any atom is 0.414 e. The van der Waals surface area contributed by atoms with Gasteiger partial charge in [0.25, 0.3) is 0 Å². The van der Waals surface area contributed by atoms with E-state index in [2.05, 4.69) is 55.2 Å². The summed E-state index contributed by atoms with van der Waals surface area (Å²) < 4.78 is 0. The van der Waals surface area contributed by atoms with E-state index in [1.165, 1.54) is 5.56 Å². The van der Waals surface area contributed by atoms with Gasteiger partial charge in [0.1, 0.15) is 0 Å². The predicted molar refractivity (Wildman–Crippen MR) is 78.5 cm³/mol. The molecule has 1 aromatic rings. The highest BCUT2D eigenvalue weighted by molar-refractivity contribution is 6.27. The van der Waals surface area contributed by atoms with Crippen LogP contribution in [0.1, 0.15) is 19.4 Å². The van der Waals surface area contributed by atoms with Crippen LogP contribution in [-0.4, -0.2) is 46.7 Å². The Labute approximate surface area is 119 Å². The number of likely N-dealkylation sites (N-methyl/N-ethyl adjacent to an activating group) is 1. The first-order valence-corrected chi connectivity index (χ1v) is 6.41. The summed E-state index contributed by atoms with van der Waals surface area (Å²) in [5.41, 5.74) is 1.28. The van der Waals surface area contributed by atoms with Crippen LogP contribution in [0.2, 0.25) is 0 Å². The van der Waals surface area contributed by atoms with Crippen LogP contribution in [0.25, 0.3) is 6.08 Å². The van der Waals surface area contributed by atoms with Crippen LogP contribution in [0, 0.1) is 0 Å². The molecule has 0 amide bonds. The Balaban J connectivity index is 0.000000511. The standard InChI is InChI=1S/C13H19N.C2H2O4/c1-3-14(4-2)12-8-11-13-9-6-5-7-10-13;3-1(4)2(5)6/h5-11H,3-4,12H2,1-2H3;(H,3,4)(H,5,6)/b11-8+;. The summed E-state index contributed by atoms with van der Waals surface area (Å²) in [7, 11) is 0. The lowest BCUT2D eigenvalue weighted by atomic mass is 10.2. The predicted octanol–water partition coefficient (Wildman–Crippen LogP) is 2.20. The van der Waals surface area contributed by atoms with Crippen molar-refractivity contribution in [2.24, 2.45) is 0 Å². The first-order chi connectivity index (χ1) is 9.51. The molecule has 0 aromatic heterocycles. The molecule has 0 aliphatic rings. The van der Waals surface area contributed by atoms with Crippen molar-refractivity contribution in [3.8, 4) is 0 Å². The monoisotopic (exact) mass is 279 g/mol. The summed E-state index contributed by atoms with van der Waals surface area (Å²) in [6.45, 7) is 7.67. The Morgan fingerprint density at radius 3 is 1.95 bits per heavy atom. The number of carbonyl (C=O) groups is 2. The maximum atomic E-state index is 9.10. The summed E-state index contributed by atoms with van der Waals surface area (Å²) in [5, 5.41) is 14.8. The summed E-state index contributed by atoms with van der Waals surface area (Å²) in [5.74, 6) is -3.65. The Morgan fingerprint density at radius 1 is 1.05 bits per heavy atom. The van der Waals surface area contributed by atoms with Gasteiger partial charge in [-0.3, -0.25) is 0 Å². The van der Waals surface area contributed by atoms with Crippen molar-refractivity contribution >= 4 is 18.0 Å². The topological polar surface area (TPSA) is 77.8 Å². The highest BCUT2D eigenvalue weighted by Crippen LogP contribution is 2.01. The minimum absolute atomic E-state index is 1.04. The van der Waals surface area contributed by atoms with Gasteiger partial charge in [-0.2, -0.15) is 0 Å². The van der Waals surface area contributed by atoms with Gasteiger partial charge in [0.15, 0.2) is 0 Å². The molecular weight excluding hydrogens is 258 g/mol. The van der Waals surface area contributed by atoms with Crippen molar-refractivity contribution in [1.29, 1.82) is 0 Å². The van der Waals surface area contributed by atoms with E-state index in [0.29, 0.717) is 0 Å². The number of carboxylic acids is 2. The second-order valence-electron chi connectivity index (χ2n) is 3.91. The number of hydrogen-bond acceptors (Lipinski definition) is 3. The van der Waals surface area contributed by atoms with Crippen LogP contribution in [0.15, 0.2) is 36.4 Å². The lowest BCUT2D eigenvalue weighted by Crippen LogP contribution is -2.22. The van der Waals surface area contributed by atoms with Crippen LogP contribution < -0.4 is 0 Å². The fourth-order valence-corrected chi connectivity index (χ4v) is 1.38. The van der Waals surface area contributed by atoms with Gasteiger partial charge < -0.3 is 15.1 Å². The Kier molecular flexibility index (Phi) is 9.60. The zero-order valence-corrected chi connectivity index (χ0v) is 11.8. The van der Waals surface area contributed by atoms with Crippen molar-refractivity contribution in [2.45, 2.75) is 13.8 Å². The normalized spacial score (nSPS) is 10.2. The molecule has 110 valence electrons. The van der Waals surface area contributed by atoms with Crippen LogP contribution in [-0.2, 0) is 9.59 Å². The number of aliphatic carboxylic acids is 2. The molecule has 0 heterocycles. The molecular formula is C15H21NO4. The molecule has 0 aliphatic heterocycles. The van der Waals surface area contributed by atoms with Gasteiger partial charge in [-0.15, -0.1) is 0 Å². The number of benzene rings is 1. The second-order valence-corrected chi connectivity index (χ2v) is 3.91. The average molecular weight is 279 g/mol. The van der Waals surface area contributed by atoms with Crippen molar-refractivity contribution in [3.63, 3.8) is 0 Å². The largest absolute Gasteiger partial charge is 0.473 e. The fourth-order valence-electron chi connectivity index (χ4n) is 1.38. The average Bonchev–Trinajstić information content (AvgIpc) is 2.45. The second kappa shape index (κ2) is 10.8. The highest BCUT2D eigenvalue weighted by Gasteiger charge is 2.04. The van der Waals surface area contributed by atoms with Gasteiger partial charge in [0, 0.05) is 6.54 Å². The van der Waals surface area contributed by atoms with E-state index in [9.17, 15) is 0 Å². The third-order valence-electron chi connectivity index (χ3n) is 2.55. The van der Waals surface area contributed by atoms with Crippen molar-refractivity contribution in [1.82, 2.24) is 4.90 Å². The molecule has 0 unspecified atom stereocenters. The van der Waals surface area contributed by atoms with E-state index in [1.807, 2.05) is 6.07 Å². The molecule has 0 radical (unpaired) electrons. The third-order valence-corrected chi connectivity index (χ3v) is 2.55. The Morgan fingerprint density at radius 2 is 1.55 bits per heavy atom. The molecule has 20 heavy (non-hydrogen) atoms. The maximum absolute atomic E-state index is 9.10. The highest BCUT2D eigenvalue weighted by atomic mass is 16.4. The molecule has 0 spiro atoms. The van der Waals surface area contributed by atoms with Gasteiger partial charge in [-0.25, -0.2) is 9.59 Å². The van der Waals surface area contributed by atoms with Gasteiger partial charge in [-0.1, -0.05) is 56.3 Å². The summed E-state index contributed by atoms with van der Waals surface area (Å²) in [6, 6.07) is 10.4. The number of rotatable bonds is 5. The molecule has 0 fully saturated rings. The van der Waals surface area contributed by atoms with Crippen molar-refractivity contribution in [2.75, 3.05) is 19.6 Å². The van der Waals surface area contributed by atoms with Gasteiger partial charge in [0.2, 0.25) is 0 Å². The molecule has 0 aliphatic carbocycles. The summed E-state index contributed by atoms with van der Waals surface area (Å²) in [4.78, 5) is 20.6. The molecule has 5 nitrogen and oxygen atoms in total. The number of nitrogens with zero attached hydrogens (tertiary/aromatic N) is 1. The molecule has 0 saturated heterocycles. The first-order valence-electron chi connectivity index (χ1n) is 6.41. The summed E-state index contributed by atoms with van der Waals surface area (Å²) >= 11 is 0. The number of hydrogen-bond donors (Lipinski definition) is 2. The smallest absolute Gasteiger partial charge is 0.414 e. The van der Waals surface area contributed by atoms with E-state index in [-0.39, 0.29) is 0 Å². The van der Waals surface area contributed by atoms with Crippen LogP contribution in [0.5, 0.6) is 0 Å². The quantitative estimate of drug-likeness (QED) is 0.808. The molecule has 5 heteroatoms. The minimum atomic E-state index is -1.82. The van der Waals surface area contributed by atoms with E-state index >= 15 is 0 Å². The SMILES string of the molecule is CCN(CC)C/C=C/c1ccccc1.O=C(O)C(=O)O. The molecule has 1 rings (SSSR count). The molecule has 0 atom stereocenters. The van der Waals surface area contributed by atoms with E-state index in [1.54, 1.807) is 0 Å². The molecule has 2 N–H and O–H groups in total. The van der Waals surface area contributed by atoms with E-state index in [4.69, 9.17) is 19.8 Å². The Bertz CT molecular complexity index is 413. The zero-order valence-electron chi connectivity index (χ0n) is 11.8. The number of carboxylic acid groups (broad SMARTS) is 2. The molecule has 1 aromatic carbocycles. The van der Waals surface area contributed by atoms with Crippen LogP contribution in [0.3, 0.4) is 0 Å². The third kappa shape index (κ3) is 8.88. The van der Waals surface area contributed by atoms with Crippen LogP contribution in [0.4, 0.5) is 0 Å².